The second-order valence-corrected chi connectivity index (χ2v) is 5.27. The van der Waals surface area contributed by atoms with E-state index in [9.17, 15) is 9.18 Å². The van der Waals surface area contributed by atoms with Crippen LogP contribution in [-0.2, 0) is 0 Å². The Bertz CT molecular complexity index is 632. The summed E-state index contributed by atoms with van der Waals surface area (Å²) < 4.78 is 13.7. The molecule has 0 saturated heterocycles. The van der Waals surface area contributed by atoms with E-state index in [2.05, 4.69) is 4.98 Å². The molecular formula is C14H11FN2OS. The Morgan fingerprint density at radius 1 is 1.32 bits per heavy atom. The molecule has 0 atom stereocenters. The molecule has 1 aliphatic rings. The van der Waals surface area contributed by atoms with Crippen LogP contribution in [0.25, 0.3) is 0 Å². The maximum absolute atomic E-state index is 13.7. The Morgan fingerprint density at radius 2 is 2.16 bits per heavy atom. The summed E-state index contributed by atoms with van der Waals surface area (Å²) in [6.45, 7) is 0.586. The Labute approximate surface area is 114 Å². The number of benzene rings is 1. The van der Waals surface area contributed by atoms with E-state index in [1.165, 1.54) is 12.3 Å². The first-order chi connectivity index (χ1) is 9.27. The second-order valence-electron chi connectivity index (χ2n) is 4.13. The largest absolute Gasteiger partial charge is 0.306 e. The number of para-hydroxylation sites is 1. The van der Waals surface area contributed by atoms with Gasteiger partial charge >= 0.3 is 0 Å². The first-order valence-corrected chi connectivity index (χ1v) is 6.89. The van der Waals surface area contributed by atoms with Crippen molar-refractivity contribution in [2.24, 2.45) is 0 Å². The number of fused-ring (bicyclic) bond motifs is 1. The number of aromatic nitrogens is 1. The van der Waals surface area contributed by atoms with E-state index in [0.717, 1.165) is 22.5 Å². The summed E-state index contributed by atoms with van der Waals surface area (Å²) in [5.74, 6) is -0.0778. The average Bonchev–Trinajstić information content (AvgIpc) is 2.46. The molecule has 1 amide bonds. The number of pyridine rings is 1. The van der Waals surface area contributed by atoms with Crippen molar-refractivity contribution in [3.63, 3.8) is 0 Å². The van der Waals surface area contributed by atoms with Crippen LogP contribution in [0.3, 0.4) is 0 Å². The van der Waals surface area contributed by atoms with Gasteiger partial charge in [-0.15, -0.1) is 11.8 Å². The Morgan fingerprint density at radius 3 is 3.00 bits per heavy atom. The van der Waals surface area contributed by atoms with Crippen LogP contribution in [0.1, 0.15) is 10.4 Å². The number of halogens is 1. The fourth-order valence-electron chi connectivity index (χ4n) is 2.07. The summed E-state index contributed by atoms with van der Waals surface area (Å²) in [4.78, 5) is 18.8. The van der Waals surface area contributed by atoms with Crippen molar-refractivity contribution in [3.8, 4) is 0 Å². The zero-order valence-electron chi connectivity index (χ0n) is 10.0. The van der Waals surface area contributed by atoms with Gasteiger partial charge in [0.25, 0.3) is 5.91 Å². The third kappa shape index (κ3) is 2.21. The number of hydrogen-bond donors (Lipinski definition) is 0. The van der Waals surface area contributed by atoms with Crippen molar-refractivity contribution in [2.75, 3.05) is 17.2 Å². The fraction of sp³-hybridized carbons (Fsp3) is 0.143. The molecule has 1 aromatic carbocycles. The van der Waals surface area contributed by atoms with Gasteiger partial charge in [-0.05, 0) is 18.2 Å². The molecule has 0 unspecified atom stereocenters. The molecule has 0 spiro atoms. The molecule has 5 heteroatoms. The summed E-state index contributed by atoms with van der Waals surface area (Å²) >= 11 is 1.71. The molecule has 3 nitrogen and oxygen atoms in total. The van der Waals surface area contributed by atoms with Crippen LogP contribution in [0.2, 0.25) is 0 Å². The van der Waals surface area contributed by atoms with Crippen molar-refractivity contribution in [3.05, 3.63) is 54.1 Å². The number of amides is 1. The highest BCUT2D eigenvalue weighted by atomic mass is 32.2. The highest BCUT2D eigenvalue weighted by Crippen LogP contribution is 2.35. The van der Waals surface area contributed by atoms with Gasteiger partial charge in [0.15, 0.2) is 5.82 Å². The normalized spacial score (nSPS) is 14.1. The zero-order valence-corrected chi connectivity index (χ0v) is 10.9. The van der Waals surface area contributed by atoms with Crippen molar-refractivity contribution in [1.82, 2.24) is 4.98 Å². The molecule has 0 bridgehead atoms. The van der Waals surface area contributed by atoms with Gasteiger partial charge in [-0.3, -0.25) is 9.78 Å². The molecular weight excluding hydrogens is 263 g/mol. The standard InChI is InChI=1S/C14H11FN2OS/c15-11-9-16-6-5-10(11)14(18)17-7-8-19-13-4-2-1-3-12(13)17/h1-6,9H,7-8H2. The van der Waals surface area contributed by atoms with Crippen LogP contribution >= 0.6 is 11.8 Å². The molecule has 0 fully saturated rings. The first-order valence-electron chi connectivity index (χ1n) is 5.90. The van der Waals surface area contributed by atoms with Gasteiger partial charge in [0.05, 0.1) is 17.4 Å². The zero-order chi connectivity index (χ0) is 13.2. The third-order valence-corrected chi connectivity index (χ3v) is 4.02. The number of carbonyl (C=O) groups excluding carboxylic acids is 1. The number of hydrogen-bond acceptors (Lipinski definition) is 3. The molecule has 96 valence electrons. The lowest BCUT2D eigenvalue weighted by atomic mass is 10.2. The minimum atomic E-state index is -0.580. The lowest BCUT2D eigenvalue weighted by Gasteiger charge is -2.29. The van der Waals surface area contributed by atoms with Crippen LogP contribution in [-0.4, -0.2) is 23.2 Å². The number of nitrogens with zero attached hydrogens (tertiary/aromatic N) is 2. The van der Waals surface area contributed by atoms with Gasteiger partial charge in [-0.25, -0.2) is 4.39 Å². The van der Waals surface area contributed by atoms with E-state index in [0.29, 0.717) is 6.54 Å². The lowest BCUT2D eigenvalue weighted by molar-refractivity contribution is 0.0983. The monoisotopic (exact) mass is 274 g/mol. The predicted molar refractivity (Wildman–Crippen MR) is 73.0 cm³/mol. The topological polar surface area (TPSA) is 33.2 Å². The Balaban J connectivity index is 2.00. The summed E-state index contributed by atoms with van der Waals surface area (Å²) in [7, 11) is 0. The fourth-order valence-corrected chi connectivity index (χ4v) is 3.07. The highest BCUT2D eigenvalue weighted by Gasteiger charge is 2.25. The van der Waals surface area contributed by atoms with Gasteiger partial charge in [0.2, 0.25) is 0 Å². The summed E-state index contributed by atoms with van der Waals surface area (Å²) in [5.41, 5.74) is 0.914. The second kappa shape index (κ2) is 5.01. The van der Waals surface area contributed by atoms with E-state index < -0.39 is 5.82 Å². The van der Waals surface area contributed by atoms with E-state index in [-0.39, 0.29) is 11.5 Å². The number of carbonyl (C=O) groups is 1. The van der Waals surface area contributed by atoms with Gasteiger partial charge in [-0.1, -0.05) is 12.1 Å². The van der Waals surface area contributed by atoms with Crippen molar-refractivity contribution in [1.29, 1.82) is 0 Å². The Hall–Kier alpha value is -1.88. The minimum absolute atomic E-state index is 0.0664. The molecule has 0 aliphatic carbocycles. The maximum Gasteiger partial charge on any atom is 0.261 e. The molecule has 19 heavy (non-hydrogen) atoms. The van der Waals surface area contributed by atoms with Crippen LogP contribution in [0.5, 0.6) is 0 Å². The lowest BCUT2D eigenvalue weighted by Crippen LogP contribution is -2.35. The number of anilines is 1. The van der Waals surface area contributed by atoms with E-state index in [1.807, 2.05) is 24.3 Å². The van der Waals surface area contributed by atoms with Gasteiger partial charge in [0, 0.05) is 23.4 Å². The molecule has 2 aromatic rings. The molecule has 3 rings (SSSR count). The summed E-state index contributed by atoms with van der Waals surface area (Å²) in [5, 5.41) is 0. The van der Waals surface area contributed by atoms with Crippen LogP contribution in [0, 0.1) is 5.82 Å². The van der Waals surface area contributed by atoms with E-state index in [4.69, 9.17) is 0 Å². The maximum atomic E-state index is 13.7. The summed E-state index contributed by atoms with van der Waals surface area (Å²) in [6.07, 6.45) is 2.50. The summed E-state index contributed by atoms with van der Waals surface area (Å²) in [6, 6.07) is 9.10. The van der Waals surface area contributed by atoms with E-state index >= 15 is 0 Å². The molecule has 1 aromatic heterocycles. The van der Waals surface area contributed by atoms with Crippen LogP contribution in [0.15, 0.2) is 47.6 Å². The Kier molecular flexibility index (Phi) is 3.21. The third-order valence-electron chi connectivity index (χ3n) is 2.98. The van der Waals surface area contributed by atoms with Gasteiger partial charge < -0.3 is 4.90 Å². The van der Waals surface area contributed by atoms with Crippen LogP contribution < -0.4 is 4.90 Å². The molecule has 1 aliphatic heterocycles. The quantitative estimate of drug-likeness (QED) is 0.801. The van der Waals surface area contributed by atoms with E-state index in [1.54, 1.807) is 16.7 Å². The smallest absolute Gasteiger partial charge is 0.261 e. The highest BCUT2D eigenvalue weighted by molar-refractivity contribution is 7.99. The predicted octanol–water partition coefficient (Wildman–Crippen LogP) is 2.97. The SMILES string of the molecule is O=C(c1ccncc1F)N1CCSc2ccccc21. The van der Waals surface area contributed by atoms with Crippen molar-refractivity contribution in [2.45, 2.75) is 4.90 Å². The minimum Gasteiger partial charge on any atom is -0.306 e. The molecule has 2 heterocycles. The number of thioether (sulfide) groups is 1. The van der Waals surface area contributed by atoms with Crippen LogP contribution in [0.4, 0.5) is 10.1 Å². The van der Waals surface area contributed by atoms with Gasteiger partial charge in [0.1, 0.15) is 0 Å². The molecule has 0 saturated carbocycles. The molecule has 0 N–H and O–H groups in total. The van der Waals surface area contributed by atoms with Crippen molar-refractivity contribution < 1.29 is 9.18 Å². The molecule has 0 radical (unpaired) electrons. The van der Waals surface area contributed by atoms with Crippen molar-refractivity contribution >= 4 is 23.4 Å². The first kappa shape index (κ1) is 12.2. The average molecular weight is 274 g/mol. The van der Waals surface area contributed by atoms with Gasteiger partial charge in [-0.2, -0.15) is 0 Å². The number of rotatable bonds is 1.